The van der Waals surface area contributed by atoms with Crippen LogP contribution in [0.4, 0.5) is 0 Å². The van der Waals surface area contributed by atoms with Gasteiger partial charge in [-0.3, -0.25) is 4.79 Å². The van der Waals surface area contributed by atoms with E-state index in [2.05, 4.69) is 0 Å². The molecule has 60 valence electrons. The molecule has 0 amide bonds. The van der Waals surface area contributed by atoms with Crippen molar-refractivity contribution >= 4 is 5.78 Å². The minimum Gasteiger partial charge on any atom is -0.361 e. The van der Waals surface area contributed by atoms with E-state index < -0.39 is 0 Å². The predicted molar refractivity (Wildman–Crippen MR) is 39.1 cm³/mol. The van der Waals surface area contributed by atoms with E-state index in [-0.39, 0.29) is 6.10 Å². The maximum atomic E-state index is 11.5. The van der Waals surface area contributed by atoms with Gasteiger partial charge >= 0.3 is 0 Å². The summed E-state index contributed by atoms with van der Waals surface area (Å²) in [4.78, 5) is 11.5. The first-order valence-electron chi connectivity index (χ1n) is 4.55. The molecule has 11 heavy (non-hydrogen) atoms. The zero-order chi connectivity index (χ0) is 7.42. The molecule has 0 N–H and O–H groups in total. The highest BCUT2D eigenvalue weighted by molar-refractivity contribution is 5.89. The first kappa shape index (κ1) is 6.18. The third kappa shape index (κ3) is 0.734. The lowest BCUT2D eigenvalue weighted by Gasteiger charge is -2.29. The average molecular weight is 152 g/mol. The minimum absolute atomic E-state index is 0.0408. The Balaban J connectivity index is 1.90. The molecule has 0 radical (unpaired) electrons. The van der Waals surface area contributed by atoms with Crippen LogP contribution in [0.15, 0.2) is 0 Å². The third-order valence-corrected chi connectivity index (χ3v) is 3.39. The summed E-state index contributed by atoms with van der Waals surface area (Å²) in [6, 6.07) is 0. The molecule has 3 aliphatic rings. The quantitative estimate of drug-likeness (QED) is 0.487. The van der Waals surface area contributed by atoms with Crippen molar-refractivity contribution in [3.63, 3.8) is 0 Å². The Morgan fingerprint density at radius 2 is 2.27 bits per heavy atom. The molecular formula is C9H12O2. The minimum atomic E-state index is 0.0408. The average Bonchev–Trinajstić information content (AvgIpc) is 2.81. The van der Waals surface area contributed by atoms with Crippen LogP contribution in [0.1, 0.15) is 25.7 Å². The van der Waals surface area contributed by atoms with Crippen molar-refractivity contribution in [3.8, 4) is 0 Å². The second-order valence-electron chi connectivity index (χ2n) is 4.05. The van der Waals surface area contributed by atoms with E-state index >= 15 is 0 Å². The van der Waals surface area contributed by atoms with E-state index in [1.807, 2.05) is 0 Å². The van der Waals surface area contributed by atoms with E-state index in [4.69, 9.17) is 4.74 Å². The topological polar surface area (TPSA) is 29.6 Å². The molecule has 0 aromatic rings. The van der Waals surface area contributed by atoms with Crippen molar-refractivity contribution in [1.82, 2.24) is 0 Å². The van der Waals surface area contributed by atoms with Crippen molar-refractivity contribution in [2.75, 3.05) is 0 Å². The highest BCUT2D eigenvalue weighted by atomic mass is 16.6. The van der Waals surface area contributed by atoms with E-state index in [1.165, 1.54) is 12.8 Å². The lowest BCUT2D eigenvalue weighted by molar-refractivity contribution is -0.126. The molecule has 3 rings (SSSR count). The summed E-state index contributed by atoms with van der Waals surface area (Å²) in [5.74, 6) is 1.51. The Morgan fingerprint density at radius 3 is 3.18 bits per heavy atom. The van der Waals surface area contributed by atoms with Gasteiger partial charge in [-0.15, -0.1) is 0 Å². The molecule has 2 saturated carbocycles. The summed E-state index contributed by atoms with van der Waals surface area (Å²) in [5, 5.41) is 0. The third-order valence-electron chi connectivity index (χ3n) is 3.39. The second kappa shape index (κ2) is 1.86. The Bertz CT molecular complexity index is 212. The summed E-state index contributed by atoms with van der Waals surface area (Å²) in [6.07, 6.45) is 5.18. The molecule has 0 spiro atoms. The van der Waals surface area contributed by atoms with Gasteiger partial charge in [0.15, 0.2) is 5.78 Å². The van der Waals surface area contributed by atoms with Gasteiger partial charge in [0.1, 0.15) is 6.10 Å². The number of carbonyl (C=O) groups is 1. The van der Waals surface area contributed by atoms with Crippen LogP contribution in [0.25, 0.3) is 0 Å². The molecular weight excluding hydrogens is 140 g/mol. The van der Waals surface area contributed by atoms with Gasteiger partial charge in [0.25, 0.3) is 0 Å². The smallest absolute Gasteiger partial charge is 0.167 e. The zero-order valence-electron chi connectivity index (χ0n) is 6.45. The molecule has 2 unspecified atom stereocenters. The Morgan fingerprint density at radius 1 is 1.36 bits per heavy atom. The molecule has 1 heterocycles. The molecule has 2 heteroatoms. The number of carbonyl (C=O) groups excluding carboxylic acids is 1. The van der Waals surface area contributed by atoms with Gasteiger partial charge < -0.3 is 4.74 Å². The highest BCUT2D eigenvalue weighted by Gasteiger charge is 2.56. The number of rotatable bonds is 0. The second-order valence-corrected chi connectivity index (χ2v) is 4.05. The molecule has 3 fully saturated rings. The van der Waals surface area contributed by atoms with Gasteiger partial charge in [-0.1, -0.05) is 6.42 Å². The van der Waals surface area contributed by atoms with Crippen molar-refractivity contribution < 1.29 is 9.53 Å². The van der Waals surface area contributed by atoms with Crippen molar-refractivity contribution in [2.45, 2.75) is 37.9 Å². The SMILES string of the molecule is O=C1C2OC2[C@@H]2CCC[C@H]1C2. The predicted octanol–water partition coefficient (Wildman–Crippen LogP) is 1.14. The van der Waals surface area contributed by atoms with Crippen LogP contribution in [0, 0.1) is 11.8 Å². The molecule has 2 nitrogen and oxygen atoms in total. The highest BCUT2D eigenvalue weighted by Crippen LogP contribution is 2.47. The monoisotopic (exact) mass is 152 g/mol. The maximum absolute atomic E-state index is 11.5. The molecule has 2 bridgehead atoms. The summed E-state index contributed by atoms with van der Waals surface area (Å²) in [5.41, 5.74) is 0. The summed E-state index contributed by atoms with van der Waals surface area (Å²) < 4.78 is 5.35. The van der Waals surface area contributed by atoms with Crippen molar-refractivity contribution in [2.24, 2.45) is 11.8 Å². The number of hydrogen-bond donors (Lipinski definition) is 0. The molecule has 1 aliphatic heterocycles. The normalized spacial score (nSPS) is 53.6. The van der Waals surface area contributed by atoms with E-state index in [9.17, 15) is 4.79 Å². The van der Waals surface area contributed by atoms with Crippen LogP contribution >= 0.6 is 0 Å². The Kier molecular flexibility index (Phi) is 1.05. The maximum Gasteiger partial charge on any atom is 0.167 e. The van der Waals surface area contributed by atoms with Crippen LogP contribution in [0.2, 0.25) is 0 Å². The van der Waals surface area contributed by atoms with E-state index in [0.717, 1.165) is 18.8 Å². The first-order chi connectivity index (χ1) is 5.36. The summed E-state index contributed by atoms with van der Waals surface area (Å²) >= 11 is 0. The summed E-state index contributed by atoms with van der Waals surface area (Å²) in [6.45, 7) is 0. The number of epoxide rings is 1. The van der Waals surface area contributed by atoms with Crippen molar-refractivity contribution in [3.05, 3.63) is 0 Å². The van der Waals surface area contributed by atoms with Gasteiger partial charge in [0.05, 0.1) is 6.10 Å². The lowest BCUT2D eigenvalue weighted by Crippen LogP contribution is -2.35. The Hall–Kier alpha value is -0.370. The fourth-order valence-electron chi connectivity index (χ4n) is 2.73. The van der Waals surface area contributed by atoms with Crippen molar-refractivity contribution in [1.29, 1.82) is 0 Å². The van der Waals surface area contributed by atoms with Gasteiger partial charge in [-0.05, 0) is 25.2 Å². The van der Waals surface area contributed by atoms with Gasteiger partial charge in [0.2, 0.25) is 0 Å². The van der Waals surface area contributed by atoms with Gasteiger partial charge in [-0.2, -0.15) is 0 Å². The molecule has 0 aromatic carbocycles. The number of ether oxygens (including phenoxy) is 1. The molecule has 2 aliphatic carbocycles. The van der Waals surface area contributed by atoms with Crippen LogP contribution in [-0.4, -0.2) is 18.0 Å². The van der Waals surface area contributed by atoms with Crippen LogP contribution in [-0.2, 0) is 9.53 Å². The first-order valence-corrected chi connectivity index (χ1v) is 4.55. The van der Waals surface area contributed by atoms with Gasteiger partial charge in [0, 0.05) is 5.92 Å². The van der Waals surface area contributed by atoms with Crippen LogP contribution in [0.5, 0.6) is 0 Å². The standard InChI is InChI=1S/C9H12O2/c10-7-5-2-1-3-6(4-5)8-9(7)11-8/h5-6,8-9H,1-4H2/t5-,6+,8?,9?/m0/s1. The number of Topliss-reactive ketones (excluding diaryl/α,β-unsaturated/α-hetero) is 1. The van der Waals surface area contributed by atoms with E-state index in [0.29, 0.717) is 17.8 Å². The van der Waals surface area contributed by atoms with E-state index in [1.54, 1.807) is 0 Å². The van der Waals surface area contributed by atoms with Crippen LogP contribution in [0.3, 0.4) is 0 Å². The molecule has 1 saturated heterocycles. The largest absolute Gasteiger partial charge is 0.361 e. The lowest BCUT2D eigenvalue weighted by atomic mass is 9.72. The number of ketones is 1. The molecule has 4 atom stereocenters. The number of fused-ring (bicyclic) bond motifs is 4. The van der Waals surface area contributed by atoms with Crippen LogP contribution < -0.4 is 0 Å². The summed E-state index contributed by atoms with van der Waals surface area (Å²) in [7, 11) is 0. The Labute approximate surface area is 65.9 Å². The van der Waals surface area contributed by atoms with Gasteiger partial charge in [-0.25, -0.2) is 0 Å². The number of hydrogen-bond acceptors (Lipinski definition) is 2. The molecule has 0 aromatic heterocycles. The zero-order valence-corrected chi connectivity index (χ0v) is 6.45. The fraction of sp³-hybridized carbons (Fsp3) is 0.889. The fourth-order valence-corrected chi connectivity index (χ4v) is 2.73.